The second-order valence-electron chi connectivity index (χ2n) is 5.31. The van der Waals surface area contributed by atoms with Crippen molar-refractivity contribution in [3.63, 3.8) is 0 Å². The molecule has 0 radical (unpaired) electrons. The number of nitro groups is 1. The highest BCUT2D eigenvalue weighted by Crippen LogP contribution is 2.34. The van der Waals surface area contributed by atoms with Crippen LogP contribution in [0.1, 0.15) is 32.4 Å². The number of ether oxygens (including phenoxy) is 2. The summed E-state index contributed by atoms with van der Waals surface area (Å²) in [6.45, 7) is 5.56. The fourth-order valence-electron chi connectivity index (χ4n) is 2.55. The van der Waals surface area contributed by atoms with Crippen LogP contribution in [0, 0.1) is 10.1 Å². The molecule has 0 aliphatic carbocycles. The zero-order chi connectivity index (χ0) is 19.3. The van der Waals surface area contributed by atoms with Crippen LogP contribution < -0.4 is 15.4 Å². The number of nitrogens with one attached hydrogen (secondary N) is 2. The van der Waals surface area contributed by atoms with Crippen LogP contribution in [-0.4, -0.2) is 35.3 Å². The predicted octanol–water partition coefficient (Wildman–Crippen LogP) is 1.41. The number of nitrogens with zero attached hydrogens (tertiary/aromatic N) is 2. The largest absolute Gasteiger partial charge is 0.504 e. The monoisotopic (exact) mass is 364 g/mol. The molecule has 1 aromatic carbocycles. The Morgan fingerprint density at radius 3 is 2.73 bits per heavy atom. The molecule has 0 amide bonds. The van der Waals surface area contributed by atoms with Crippen molar-refractivity contribution in [3.8, 4) is 11.5 Å². The number of phenolic OH excluding ortho intramolecular Hbond substituents is 1. The van der Waals surface area contributed by atoms with Crippen LogP contribution in [-0.2, 0) is 9.53 Å². The summed E-state index contributed by atoms with van der Waals surface area (Å²) in [7, 11) is 0. The molecule has 1 aliphatic rings. The van der Waals surface area contributed by atoms with Crippen LogP contribution in [0.5, 0.6) is 11.5 Å². The molecule has 10 nitrogen and oxygen atoms in total. The van der Waals surface area contributed by atoms with E-state index in [0.717, 1.165) is 0 Å². The topological polar surface area (TPSA) is 135 Å². The normalized spacial score (nSPS) is 18.1. The first-order valence-corrected chi connectivity index (χ1v) is 7.97. The average Bonchev–Trinajstić information content (AvgIpc) is 2.56. The van der Waals surface area contributed by atoms with Crippen molar-refractivity contribution in [1.82, 2.24) is 10.6 Å². The van der Waals surface area contributed by atoms with E-state index in [1.807, 2.05) is 0 Å². The smallest absolute Gasteiger partial charge is 0.338 e. The first kappa shape index (κ1) is 19.0. The number of hydrogen-bond acceptors (Lipinski definition) is 6. The van der Waals surface area contributed by atoms with Gasteiger partial charge in [0.25, 0.3) is 5.96 Å². The van der Waals surface area contributed by atoms with Crippen molar-refractivity contribution in [2.45, 2.75) is 26.8 Å². The zero-order valence-corrected chi connectivity index (χ0v) is 14.6. The van der Waals surface area contributed by atoms with Crippen molar-refractivity contribution in [2.24, 2.45) is 5.10 Å². The molecule has 0 spiro atoms. The molecular weight excluding hydrogens is 344 g/mol. The number of allylic oxidation sites excluding steroid dienone is 1. The summed E-state index contributed by atoms with van der Waals surface area (Å²) in [5.41, 5.74) is 1.17. The van der Waals surface area contributed by atoms with Crippen LogP contribution in [0.25, 0.3) is 0 Å². The molecule has 26 heavy (non-hydrogen) atoms. The summed E-state index contributed by atoms with van der Waals surface area (Å²) < 4.78 is 10.5. The third-order valence-corrected chi connectivity index (χ3v) is 3.57. The van der Waals surface area contributed by atoms with Crippen LogP contribution in [0.15, 0.2) is 34.6 Å². The number of phenols is 1. The Labute approximate surface area is 149 Å². The van der Waals surface area contributed by atoms with Gasteiger partial charge in [-0.25, -0.2) is 14.9 Å². The minimum Gasteiger partial charge on any atom is -0.504 e. The van der Waals surface area contributed by atoms with Crippen molar-refractivity contribution in [1.29, 1.82) is 0 Å². The number of hydrogen-bond donors (Lipinski definition) is 3. The predicted molar refractivity (Wildman–Crippen MR) is 92.1 cm³/mol. The van der Waals surface area contributed by atoms with Gasteiger partial charge in [0.05, 0.1) is 24.8 Å². The SMILES string of the molecule is CCOC(=O)C1=C(C)NC(=N[N+](=O)[O-])NC1c1ccc(O)c(OCC)c1. The van der Waals surface area contributed by atoms with Crippen molar-refractivity contribution in [3.05, 3.63) is 45.1 Å². The number of carbonyl (C=O) groups excluding carboxylic acids is 1. The number of rotatable bonds is 6. The van der Waals surface area contributed by atoms with Gasteiger partial charge < -0.3 is 25.2 Å². The lowest BCUT2D eigenvalue weighted by Gasteiger charge is -2.29. The standard InChI is InChI=1S/C16H20N4O6/c1-4-25-12-8-10(6-7-11(12)21)14-13(15(22)26-5-2)9(3)17-16(18-14)19-20(23)24/h6-8,14,21H,4-5H2,1-3H3,(H2,17,18,19). The Bertz CT molecular complexity index is 774. The quantitative estimate of drug-likeness (QED) is 0.392. The number of esters is 1. The molecule has 1 heterocycles. The molecule has 0 saturated heterocycles. The van der Waals surface area contributed by atoms with Crippen LogP contribution in [0.2, 0.25) is 0 Å². The van der Waals surface area contributed by atoms with E-state index in [4.69, 9.17) is 9.47 Å². The van der Waals surface area contributed by atoms with Gasteiger partial charge in [-0.05, 0) is 38.5 Å². The van der Waals surface area contributed by atoms with Gasteiger partial charge in [-0.3, -0.25) is 0 Å². The van der Waals surface area contributed by atoms with Gasteiger partial charge in [0.2, 0.25) is 0 Å². The zero-order valence-electron chi connectivity index (χ0n) is 14.6. The Morgan fingerprint density at radius 1 is 1.38 bits per heavy atom. The van der Waals surface area contributed by atoms with Gasteiger partial charge >= 0.3 is 5.97 Å². The van der Waals surface area contributed by atoms with Gasteiger partial charge in [-0.2, -0.15) is 0 Å². The van der Waals surface area contributed by atoms with Crippen molar-refractivity contribution >= 4 is 11.9 Å². The molecule has 1 aliphatic heterocycles. The van der Waals surface area contributed by atoms with Crippen LogP contribution >= 0.6 is 0 Å². The average molecular weight is 364 g/mol. The molecule has 10 heteroatoms. The van der Waals surface area contributed by atoms with Crippen molar-refractivity contribution < 1.29 is 24.4 Å². The molecule has 0 fully saturated rings. The Kier molecular flexibility index (Phi) is 5.99. The third kappa shape index (κ3) is 4.21. The third-order valence-electron chi connectivity index (χ3n) is 3.57. The summed E-state index contributed by atoms with van der Waals surface area (Å²) in [5.74, 6) is -0.501. The highest BCUT2D eigenvalue weighted by molar-refractivity contribution is 5.96. The number of guanidine groups is 1. The van der Waals surface area contributed by atoms with E-state index in [1.165, 1.54) is 6.07 Å². The molecule has 0 saturated carbocycles. The van der Waals surface area contributed by atoms with Crippen LogP contribution in [0.4, 0.5) is 0 Å². The second kappa shape index (κ2) is 8.19. The Balaban J connectivity index is 2.52. The van der Waals surface area contributed by atoms with Crippen molar-refractivity contribution in [2.75, 3.05) is 13.2 Å². The fourth-order valence-corrected chi connectivity index (χ4v) is 2.55. The molecule has 0 aromatic heterocycles. The summed E-state index contributed by atoms with van der Waals surface area (Å²) in [5, 5.41) is 28.4. The Morgan fingerprint density at radius 2 is 2.12 bits per heavy atom. The summed E-state index contributed by atoms with van der Waals surface area (Å²) in [6.07, 6.45) is 0. The number of benzene rings is 1. The minimum absolute atomic E-state index is 0.0536. The highest BCUT2D eigenvalue weighted by atomic mass is 16.7. The number of hydrazone groups is 1. The summed E-state index contributed by atoms with van der Waals surface area (Å²) in [4.78, 5) is 23.1. The second-order valence-corrected chi connectivity index (χ2v) is 5.31. The maximum absolute atomic E-state index is 12.4. The maximum atomic E-state index is 12.4. The molecule has 3 N–H and O–H groups in total. The number of aromatic hydroxyl groups is 1. The number of carbonyl (C=O) groups is 1. The molecule has 1 unspecified atom stereocenters. The first-order valence-electron chi connectivity index (χ1n) is 7.97. The molecule has 1 aromatic rings. The van der Waals surface area contributed by atoms with Gasteiger partial charge in [-0.15, -0.1) is 0 Å². The lowest BCUT2D eigenvalue weighted by molar-refractivity contribution is -0.485. The van der Waals surface area contributed by atoms with E-state index in [0.29, 0.717) is 17.9 Å². The van der Waals surface area contributed by atoms with E-state index in [-0.39, 0.29) is 29.6 Å². The summed E-state index contributed by atoms with van der Waals surface area (Å²) in [6, 6.07) is 3.79. The van der Waals surface area contributed by atoms with Gasteiger partial charge in [0.15, 0.2) is 16.5 Å². The lowest BCUT2D eigenvalue weighted by atomic mass is 9.95. The van der Waals surface area contributed by atoms with Crippen LogP contribution in [0.3, 0.4) is 0 Å². The minimum atomic E-state index is -0.850. The summed E-state index contributed by atoms with van der Waals surface area (Å²) >= 11 is 0. The van der Waals surface area contributed by atoms with E-state index in [9.17, 15) is 20.0 Å². The van der Waals surface area contributed by atoms with Gasteiger partial charge in [0.1, 0.15) is 5.10 Å². The van der Waals surface area contributed by atoms with E-state index in [1.54, 1.807) is 32.9 Å². The fraction of sp³-hybridized carbons (Fsp3) is 0.375. The van der Waals surface area contributed by atoms with Gasteiger partial charge in [0, 0.05) is 5.70 Å². The van der Waals surface area contributed by atoms with E-state index < -0.39 is 17.0 Å². The molecule has 140 valence electrons. The Hall–Kier alpha value is -3.30. The maximum Gasteiger partial charge on any atom is 0.338 e. The van der Waals surface area contributed by atoms with Gasteiger partial charge in [-0.1, -0.05) is 6.07 Å². The first-order chi connectivity index (χ1) is 12.4. The highest BCUT2D eigenvalue weighted by Gasteiger charge is 2.33. The lowest BCUT2D eigenvalue weighted by Crippen LogP contribution is -2.46. The van der Waals surface area contributed by atoms with E-state index >= 15 is 0 Å². The van der Waals surface area contributed by atoms with E-state index in [2.05, 4.69) is 15.7 Å². The molecule has 1 atom stereocenters. The molecule has 0 bridgehead atoms. The molecular formula is C16H20N4O6. The molecule has 2 rings (SSSR count).